The second kappa shape index (κ2) is 11.3. The third kappa shape index (κ3) is 6.10. The highest BCUT2D eigenvalue weighted by molar-refractivity contribution is 5.44. The Balaban J connectivity index is 1.71. The smallest absolute Gasteiger partial charge is 0.123 e. The van der Waals surface area contributed by atoms with E-state index in [9.17, 15) is 0 Å². The van der Waals surface area contributed by atoms with Crippen molar-refractivity contribution < 1.29 is 4.74 Å². The van der Waals surface area contributed by atoms with Crippen molar-refractivity contribution in [3.63, 3.8) is 0 Å². The zero-order valence-electron chi connectivity index (χ0n) is 17.9. The summed E-state index contributed by atoms with van der Waals surface area (Å²) >= 11 is 0. The van der Waals surface area contributed by atoms with E-state index in [1.807, 2.05) is 0 Å². The Hall–Kier alpha value is -1.80. The van der Waals surface area contributed by atoms with Gasteiger partial charge in [0.1, 0.15) is 12.4 Å². The van der Waals surface area contributed by atoms with Crippen LogP contribution < -0.4 is 4.74 Å². The number of fused-ring (bicyclic) bond motifs is 1. The van der Waals surface area contributed by atoms with E-state index < -0.39 is 0 Å². The molecular weight excluding hydrogens is 342 g/mol. The average molecular weight is 380 g/mol. The first kappa shape index (κ1) is 20.9. The summed E-state index contributed by atoms with van der Waals surface area (Å²) in [6.45, 7) is 8.75. The van der Waals surface area contributed by atoms with Crippen LogP contribution in [0.4, 0.5) is 0 Å². The lowest BCUT2D eigenvalue weighted by Gasteiger charge is -2.30. The van der Waals surface area contributed by atoms with Crippen molar-refractivity contribution >= 4 is 0 Å². The van der Waals surface area contributed by atoms with E-state index in [2.05, 4.69) is 61.2 Å². The standard InChI is InChI=1S/C26H37NO/c1-3-5-8-14-24-18-25-20-27(16-11-6-4-2)17-15-23(25)19-26(24)28-21-22-12-9-7-10-13-22/h7,9-10,12-13,18-19H,3-6,8,11,14-17,20-21H2,1-2H3. The molecule has 152 valence electrons. The van der Waals surface area contributed by atoms with Gasteiger partial charge >= 0.3 is 0 Å². The van der Waals surface area contributed by atoms with Gasteiger partial charge in [0.05, 0.1) is 0 Å². The predicted octanol–water partition coefficient (Wildman–Crippen LogP) is 6.55. The van der Waals surface area contributed by atoms with Gasteiger partial charge < -0.3 is 4.74 Å². The third-order valence-electron chi connectivity index (χ3n) is 5.84. The first-order valence-corrected chi connectivity index (χ1v) is 11.3. The third-order valence-corrected chi connectivity index (χ3v) is 5.84. The Morgan fingerprint density at radius 1 is 0.893 bits per heavy atom. The van der Waals surface area contributed by atoms with Gasteiger partial charge in [-0.2, -0.15) is 0 Å². The maximum Gasteiger partial charge on any atom is 0.123 e. The number of benzene rings is 2. The first-order chi connectivity index (χ1) is 13.8. The molecule has 0 fully saturated rings. The fraction of sp³-hybridized carbons (Fsp3) is 0.538. The molecule has 0 spiro atoms. The lowest BCUT2D eigenvalue weighted by molar-refractivity contribution is 0.247. The second-order valence-electron chi connectivity index (χ2n) is 8.19. The lowest BCUT2D eigenvalue weighted by Crippen LogP contribution is -2.31. The molecule has 2 nitrogen and oxygen atoms in total. The molecule has 1 heterocycles. The number of aryl methyl sites for hydroxylation is 1. The van der Waals surface area contributed by atoms with Crippen LogP contribution in [-0.4, -0.2) is 18.0 Å². The maximum absolute atomic E-state index is 6.31. The Kier molecular flexibility index (Phi) is 8.42. The number of hydrogen-bond acceptors (Lipinski definition) is 2. The van der Waals surface area contributed by atoms with Gasteiger partial charge in [-0.15, -0.1) is 0 Å². The van der Waals surface area contributed by atoms with Crippen molar-refractivity contribution in [3.05, 3.63) is 64.7 Å². The van der Waals surface area contributed by atoms with Gasteiger partial charge in [-0.25, -0.2) is 0 Å². The molecule has 2 aromatic rings. The van der Waals surface area contributed by atoms with Gasteiger partial charge in [0.25, 0.3) is 0 Å². The van der Waals surface area contributed by atoms with E-state index in [0.29, 0.717) is 6.61 Å². The monoisotopic (exact) mass is 379 g/mol. The summed E-state index contributed by atoms with van der Waals surface area (Å²) in [5.74, 6) is 1.11. The van der Waals surface area contributed by atoms with Crippen LogP contribution in [0.1, 0.15) is 74.6 Å². The Bertz CT molecular complexity index is 710. The predicted molar refractivity (Wildman–Crippen MR) is 119 cm³/mol. The van der Waals surface area contributed by atoms with Crippen molar-refractivity contribution in [2.75, 3.05) is 13.1 Å². The highest BCUT2D eigenvalue weighted by atomic mass is 16.5. The van der Waals surface area contributed by atoms with E-state index in [0.717, 1.165) is 25.1 Å². The van der Waals surface area contributed by atoms with E-state index in [-0.39, 0.29) is 0 Å². The molecule has 0 aliphatic carbocycles. The number of rotatable bonds is 11. The van der Waals surface area contributed by atoms with Crippen LogP contribution in [-0.2, 0) is 26.0 Å². The van der Waals surface area contributed by atoms with Crippen LogP contribution in [0.25, 0.3) is 0 Å². The Labute approximate surface area is 171 Å². The van der Waals surface area contributed by atoms with Gasteiger partial charge in [0.2, 0.25) is 0 Å². The molecule has 28 heavy (non-hydrogen) atoms. The minimum Gasteiger partial charge on any atom is -0.489 e. The number of nitrogens with zero attached hydrogens (tertiary/aromatic N) is 1. The van der Waals surface area contributed by atoms with Crippen LogP contribution in [0.5, 0.6) is 5.75 Å². The van der Waals surface area contributed by atoms with Crippen molar-refractivity contribution in [1.82, 2.24) is 4.90 Å². The Morgan fingerprint density at radius 2 is 1.68 bits per heavy atom. The van der Waals surface area contributed by atoms with Crippen LogP contribution >= 0.6 is 0 Å². The summed E-state index contributed by atoms with van der Waals surface area (Å²) in [6, 6.07) is 15.3. The molecule has 0 radical (unpaired) electrons. The molecule has 1 aliphatic rings. The molecule has 0 amide bonds. The highest BCUT2D eigenvalue weighted by Crippen LogP contribution is 2.30. The molecule has 0 unspecified atom stereocenters. The van der Waals surface area contributed by atoms with Crippen molar-refractivity contribution in [3.8, 4) is 5.75 Å². The summed E-state index contributed by atoms with van der Waals surface area (Å²) in [5, 5.41) is 0. The summed E-state index contributed by atoms with van der Waals surface area (Å²) in [7, 11) is 0. The van der Waals surface area contributed by atoms with Crippen molar-refractivity contribution in [2.24, 2.45) is 0 Å². The molecule has 0 saturated carbocycles. The minimum atomic E-state index is 0.656. The minimum absolute atomic E-state index is 0.656. The quantitative estimate of drug-likeness (QED) is 0.411. The van der Waals surface area contributed by atoms with Crippen molar-refractivity contribution in [1.29, 1.82) is 0 Å². The largest absolute Gasteiger partial charge is 0.489 e. The normalized spacial score (nSPS) is 14.1. The summed E-state index contributed by atoms with van der Waals surface area (Å²) < 4.78 is 6.31. The van der Waals surface area contributed by atoms with E-state index in [1.165, 1.54) is 73.9 Å². The SMILES string of the molecule is CCCCCc1cc2c(cc1OCc1ccccc1)CCN(CCCCC)C2. The van der Waals surface area contributed by atoms with Crippen LogP contribution in [0.2, 0.25) is 0 Å². The number of hydrogen-bond donors (Lipinski definition) is 0. The van der Waals surface area contributed by atoms with Crippen LogP contribution in [0, 0.1) is 0 Å². The van der Waals surface area contributed by atoms with Gasteiger partial charge in [-0.05, 0) is 60.5 Å². The zero-order valence-corrected chi connectivity index (χ0v) is 17.9. The first-order valence-electron chi connectivity index (χ1n) is 11.3. The molecule has 0 bridgehead atoms. The zero-order chi connectivity index (χ0) is 19.6. The Morgan fingerprint density at radius 3 is 2.46 bits per heavy atom. The molecule has 0 saturated heterocycles. The van der Waals surface area contributed by atoms with E-state index >= 15 is 0 Å². The topological polar surface area (TPSA) is 12.5 Å². The lowest BCUT2D eigenvalue weighted by atomic mass is 9.94. The summed E-state index contributed by atoms with van der Waals surface area (Å²) in [4.78, 5) is 2.64. The van der Waals surface area contributed by atoms with Gasteiger partial charge in [-0.3, -0.25) is 4.90 Å². The molecule has 1 aliphatic heterocycles. The number of unbranched alkanes of at least 4 members (excludes halogenated alkanes) is 4. The highest BCUT2D eigenvalue weighted by Gasteiger charge is 2.19. The fourth-order valence-corrected chi connectivity index (χ4v) is 4.10. The molecule has 2 aromatic carbocycles. The molecule has 3 rings (SSSR count). The molecule has 0 atom stereocenters. The molecule has 2 heteroatoms. The van der Waals surface area contributed by atoms with Crippen LogP contribution in [0.3, 0.4) is 0 Å². The molecule has 0 aromatic heterocycles. The van der Waals surface area contributed by atoms with E-state index in [1.54, 1.807) is 0 Å². The molecule has 0 N–H and O–H groups in total. The fourth-order valence-electron chi connectivity index (χ4n) is 4.10. The van der Waals surface area contributed by atoms with E-state index in [4.69, 9.17) is 4.74 Å². The van der Waals surface area contributed by atoms with Crippen LogP contribution in [0.15, 0.2) is 42.5 Å². The molecular formula is C26H37NO. The summed E-state index contributed by atoms with van der Waals surface area (Å²) in [6.07, 6.45) is 10.0. The van der Waals surface area contributed by atoms with Crippen molar-refractivity contribution in [2.45, 2.75) is 78.4 Å². The second-order valence-corrected chi connectivity index (χ2v) is 8.19. The van der Waals surface area contributed by atoms with Gasteiger partial charge in [-0.1, -0.05) is 75.9 Å². The van der Waals surface area contributed by atoms with Gasteiger partial charge in [0.15, 0.2) is 0 Å². The average Bonchev–Trinajstić information content (AvgIpc) is 2.73. The maximum atomic E-state index is 6.31. The number of ether oxygens (including phenoxy) is 1. The summed E-state index contributed by atoms with van der Waals surface area (Å²) in [5.41, 5.74) is 5.66. The van der Waals surface area contributed by atoms with Gasteiger partial charge in [0, 0.05) is 13.1 Å².